The number of rotatable bonds is 5. The number of imide groups is 1. The predicted molar refractivity (Wildman–Crippen MR) is 83.8 cm³/mol. The quantitative estimate of drug-likeness (QED) is 0.856. The fraction of sp³-hybridized carbons (Fsp3) is 0.250. The third-order valence-electron chi connectivity index (χ3n) is 3.77. The number of amides is 3. The Bertz CT molecular complexity index is 717. The summed E-state index contributed by atoms with van der Waals surface area (Å²) in [5.74, 6) is -0.166. The van der Waals surface area contributed by atoms with Crippen LogP contribution in [0.15, 0.2) is 41.1 Å². The highest BCUT2D eigenvalue weighted by molar-refractivity contribution is 7.08. The first-order valence-corrected chi connectivity index (χ1v) is 8.00. The molecular weight excluding hydrogens is 319 g/mol. The molecule has 23 heavy (non-hydrogen) atoms. The van der Waals surface area contributed by atoms with E-state index in [2.05, 4.69) is 5.32 Å². The van der Waals surface area contributed by atoms with Crippen LogP contribution in [0, 0.1) is 5.82 Å². The van der Waals surface area contributed by atoms with E-state index in [-0.39, 0.29) is 24.9 Å². The molecule has 0 radical (unpaired) electrons. The van der Waals surface area contributed by atoms with Crippen LogP contribution in [0.2, 0.25) is 0 Å². The molecule has 7 heteroatoms. The van der Waals surface area contributed by atoms with Crippen molar-refractivity contribution in [3.8, 4) is 5.75 Å². The summed E-state index contributed by atoms with van der Waals surface area (Å²) < 4.78 is 18.3. The van der Waals surface area contributed by atoms with Crippen LogP contribution in [0.1, 0.15) is 12.5 Å². The Balaban J connectivity index is 1.63. The van der Waals surface area contributed by atoms with Gasteiger partial charge in [0.2, 0.25) is 0 Å². The molecule has 1 fully saturated rings. The highest BCUT2D eigenvalue weighted by Gasteiger charge is 2.48. The Hall–Kier alpha value is -2.41. The summed E-state index contributed by atoms with van der Waals surface area (Å²) in [6.45, 7) is 1.96. The Labute approximate surface area is 136 Å². The Kier molecular flexibility index (Phi) is 4.04. The summed E-state index contributed by atoms with van der Waals surface area (Å²) in [4.78, 5) is 25.8. The average molecular weight is 334 g/mol. The van der Waals surface area contributed by atoms with E-state index in [1.54, 1.807) is 6.92 Å². The van der Waals surface area contributed by atoms with E-state index in [9.17, 15) is 14.0 Å². The van der Waals surface area contributed by atoms with Gasteiger partial charge in [-0.25, -0.2) is 9.18 Å². The van der Waals surface area contributed by atoms with Gasteiger partial charge in [0.25, 0.3) is 5.91 Å². The van der Waals surface area contributed by atoms with Crippen LogP contribution in [0.25, 0.3) is 0 Å². The Morgan fingerprint density at radius 1 is 1.26 bits per heavy atom. The standard InChI is InChI=1S/C16H15FN2O3S/c1-16(11-6-9-23-10-11)14(20)19(15(21)18-16)7-8-22-13-4-2-12(17)3-5-13/h2-6,9-10H,7-8H2,1H3,(H,18,21). The van der Waals surface area contributed by atoms with Crippen molar-refractivity contribution in [3.05, 3.63) is 52.5 Å². The topological polar surface area (TPSA) is 58.6 Å². The lowest BCUT2D eigenvalue weighted by molar-refractivity contribution is -0.131. The van der Waals surface area contributed by atoms with Crippen molar-refractivity contribution in [3.63, 3.8) is 0 Å². The minimum atomic E-state index is -1.03. The van der Waals surface area contributed by atoms with Crippen LogP contribution >= 0.6 is 11.3 Å². The van der Waals surface area contributed by atoms with Crippen molar-refractivity contribution in [2.24, 2.45) is 0 Å². The Morgan fingerprint density at radius 2 is 2.00 bits per heavy atom. The summed E-state index contributed by atoms with van der Waals surface area (Å²) in [5.41, 5.74) is -0.268. The fourth-order valence-electron chi connectivity index (χ4n) is 2.43. The van der Waals surface area contributed by atoms with E-state index in [1.165, 1.54) is 35.6 Å². The second-order valence-electron chi connectivity index (χ2n) is 5.33. The molecule has 1 aliphatic heterocycles. The maximum atomic E-state index is 12.8. The Morgan fingerprint density at radius 3 is 2.65 bits per heavy atom. The van der Waals surface area contributed by atoms with Crippen LogP contribution in [-0.2, 0) is 10.3 Å². The van der Waals surface area contributed by atoms with E-state index < -0.39 is 11.6 Å². The third-order valence-corrected chi connectivity index (χ3v) is 4.45. The predicted octanol–water partition coefficient (Wildman–Crippen LogP) is 2.73. The smallest absolute Gasteiger partial charge is 0.325 e. The summed E-state index contributed by atoms with van der Waals surface area (Å²) in [6, 6.07) is 6.95. The average Bonchev–Trinajstić information content (AvgIpc) is 3.13. The number of carbonyl (C=O) groups is 2. The van der Waals surface area contributed by atoms with Crippen LogP contribution < -0.4 is 10.1 Å². The number of nitrogens with one attached hydrogen (secondary N) is 1. The van der Waals surface area contributed by atoms with Gasteiger partial charge in [-0.05, 0) is 53.6 Å². The van der Waals surface area contributed by atoms with Crippen LogP contribution in [0.4, 0.5) is 9.18 Å². The van der Waals surface area contributed by atoms with Gasteiger partial charge in [-0.1, -0.05) is 0 Å². The van der Waals surface area contributed by atoms with Crippen molar-refractivity contribution in [2.75, 3.05) is 13.2 Å². The van der Waals surface area contributed by atoms with E-state index in [0.717, 1.165) is 10.5 Å². The first-order chi connectivity index (χ1) is 11.0. The van der Waals surface area contributed by atoms with Crippen LogP contribution in [-0.4, -0.2) is 30.0 Å². The monoisotopic (exact) mass is 334 g/mol. The summed E-state index contributed by atoms with van der Waals surface area (Å²) in [5, 5.41) is 6.43. The summed E-state index contributed by atoms with van der Waals surface area (Å²) in [6.07, 6.45) is 0. The van der Waals surface area contributed by atoms with Gasteiger partial charge in [0, 0.05) is 0 Å². The lowest BCUT2D eigenvalue weighted by atomic mass is 9.95. The van der Waals surface area contributed by atoms with Crippen molar-refractivity contribution in [1.29, 1.82) is 0 Å². The zero-order valence-electron chi connectivity index (χ0n) is 12.4. The minimum absolute atomic E-state index is 0.127. The molecule has 0 saturated carbocycles. The van der Waals surface area contributed by atoms with Gasteiger partial charge in [-0.15, -0.1) is 0 Å². The highest BCUT2D eigenvalue weighted by atomic mass is 32.1. The molecule has 1 N–H and O–H groups in total. The molecule has 0 bridgehead atoms. The van der Waals surface area contributed by atoms with Gasteiger partial charge < -0.3 is 10.1 Å². The van der Waals surface area contributed by atoms with Gasteiger partial charge in [0.05, 0.1) is 6.54 Å². The number of hydrogen-bond acceptors (Lipinski definition) is 4. The largest absolute Gasteiger partial charge is 0.492 e. The SMILES string of the molecule is CC1(c2ccsc2)NC(=O)N(CCOc2ccc(F)cc2)C1=O. The molecule has 5 nitrogen and oxygen atoms in total. The first-order valence-electron chi connectivity index (χ1n) is 7.06. The molecule has 3 amide bonds. The van der Waals surface area contributed by atoms with Gasteiger partial charge in [0.15, 0.2) is 0 Å². The number of urea groups is 1. The van der Waals surface area contributed by atoms with E-state index >= 15 is 0 Å². The molecular formula is C16H15FN2O3S. The highest BCUT2D eigenvalue weighted by Crippen LogP contribution is 2.30. The molecule has 120 valence electrons. The number of thiophene rings is 1. The van der Waals surface area contributed by atoms with E-state index in [4.69, 9.17) is 4.74 Å². The molecule has 1 aromatic heterocycles. The number of nitrogens with zero attached hydrogens (tertiary/aromatic N) is 1. The molecule has 1 unspecified atom stereocenters. The van der Waals surface area contributed by atoms with Crippen LogP contribution in [0.3, 0.4) is 0 Å². The maximum absolute atomic E-state index is 12.8. The van der Waals surface area contributed by atoms with E-state index in [0.29, 0.717) is 5.75 Å². The second-order valence-corrected chi connectivity index (χ2v) is 6.11. The summed E-state index contributed by atoms with van der Waals surface area (Å²) >= 11 is 1.47. The molecule has 1 saturated heterocycles. The fourth-order valence-corrected chi connectivity index (χ4v) is 3.19. The second kappa shape index (κ2) is 6.00. The maximum Gasteiger partial charge on any atom is 0.325 e. The number of carbonyl (C=O) groups excluding carboxylic acids is 2. The van der Waals surface area contributed by atoms with Gasteiger partial charge in [-0.3, -0.25) is 9.69 Å². The molecule has 0 aliphatic carbocycles. The number of hydrogen-bond donors (Lipinski definition) is 1. The minimum Gasteiger partial charge on any atom is -0.492 e. The lowest BCUT2D eigenvalue weighted by Crippen LogP contribution is -2.41. The van der Waals surface area contributed by atoms with Gasteiger partial charge in [0.1, 0.15) is 23.7 Å². The molecule has 2 aromatic rings. The number of halogens is 1. The normalized spacial score (nSPS) is 20.7. The van der Waals surface area contributed by atoms with Crippen molar-refractivity contribution < 1.29 is 18.7 Å². The number of ether oxygens (including phenoxy) is 1. The van der Waals surface area contributed by atoms with Crippen molar-refractivity contribution in [1.82, 2.24) is 10.2 Å². The van der Waals surface area contributed by atoms with Gasteiger partial charge in [-0.2, -0.15) is 11.3 Å². The third kappa shape index (κ3) is 2.92. The molecule has 1 atom stereocenters. The zero-order valence-corrected chi connectivity index (χ0v) is 13.2. The van der Waals surface area contributed by atoms with E-state index in [1.807, 2.05) is 16.8 Å². The molecule has 0 spiro atoms. The van der Waals surface area contributed by atoms with Crippen LogP contribution in [0.5, 0.6) is 5.75 Å². The number of benzene rings is 1. The first kappa shape index (κ1) is 15.5. The van der Waals surface area contributed by atoms with Crippen molar-refractivity contribution >= 4 is 23.3 Å². The zero-order chi connectivity index (χ0) is 16.4. The van der Waals surface area contributed by atoms with Crippen molar-refractivity contribution in [2.45, 2.75) is 12.5 Å². The molecule has 1 aromatic carbocycles. The molecule has 2 heterocycles. The molecule has 3 rings (SSSR count). The lowest BCUT2D eigenvalue weighted by Gasteiger charge is -2.20. The summed E-state index contributed by atoms with van der Waals surface area (Å²) in [7, 11) is 0. The van der Waals surface area contributed by atoms with Gasteiger partial charge >= 0.3 is 6.03 Å². The molecule has 1 aliphatic rings.